The summed E-state index contributed by atoms with van der Waals surface area (Å²) >= 11 is 3.55. The highest BCUT2D eigenvalue weighted by atomic mass is 79.9. The fourth-order valence-corrected chi connectivity index (χ4v) is 2.71. The second-order valence-electron chi connectivity index (χ2n) is 5.70. The molecule has 0 saturated carbocycles. The van der Waals surface area contributed by atoms with Crippen LogP contribution in [0, 0.1) is 0 Å². The van der Waals surface area contributed by atoms with Gasteiger partial charge >= 0.3 is 0 Å². The molecule has 2 rings (SSSR count). The van der Waals surface area contributed by atoms with Crippen LogP contribution in [0.2, 0.25) is 0 Å². The minimum atomic E-state index is -0.349. The molecule has 5 nitrogen and oxygen atoms in total. The first-order chi connectivity index (χ1) is 11.1. The average molecular weight is 383 g/mol. The Morgan fingerprint density at radius 2 is 2.13 bits per heavy atom. The van der Waals surface area contributed by atoms with Gasteiger partial charge in [0.25, 0.3) is 5.91 Å². The third-order valence-corrected chi connectivity index (χ3v) is 4.14. The van der Waals surface area contributed by atoms with Crippen LogP contribution < -0.4 is 15.6 Å². The van der Waals surface area contributed by atoms with Crippen molar-refractivity contribution in [2.75, 3.05) is 6.54 Å². The van der Waals surface area contributed by atoms with Gasteiger partial charge in [-0.1, -0.05) is 47.8 Å². The highest BCUT2D eigenvalue weighted by molar-refractivity contribution is 9.09. The Morgan fingerprint density at radius 1 is 1.30 bits per heavy atom. The lowest BCUT2D eigenvalue weighted by atomic mass is 10.1. The number of hydrogen-bond donors (Lipinski definition) is 3. The van der Waals surface area contributed by atoms with E-state index < -0.39 is 0 Å². The Hall–Kier alpha value is -1.53. The van der Waals surface area contributed by atoms with Gasteiger partial charge in [0.15, 0.2) is 5.75 Å². The van der Waals surface area contributed by atoms with Gasteiger partial charge in [0.05, 0.1) is 0 Å². The predicted molar refractivity (Wildman–Crippen MR) is 94.5 cm³/mol. The molecule has 3 N–H and O–H groups in total. The highest BCUT2D eigenvalue weighted by Crippen LogP contribution is 2.35. The van der Waals surface area contributed by atoms with E-state index in [1.54, 1.807) is 6.08 Å². The van der Waals surface area contributed by atoms with Crippen molar-refractivity contribution in [3.8, 4) is 11.5 Å². The SMILES string of the molecule is CC(Br)CCCCCNCc1ccc2c(c1O)ONC(=O)C=C2. The lowest BCUT2D eigenvalue weighted by Crippen LogP contribution is -2.24. The van der Waals surface area contributed by atoms with E-state index in [0.717, 1.165) is 18.5 Å². The molecule has 1 amide bonds. The maximum atomic E-state index is 11.3. The van der Waals surface area contributed by atoms with Crippen LogP contribution in [0.3, 0.4) is 0 Å². The van der Waals surface area contributed by atoms with Crippen LogP contribution in [0.15, 0.2) is 18.2 Å². The van der Waals surface area contributed by atoms with Gasteiger partial charge in [-0.3, -0.25) is 4.79 Å². The molecule has 1 aromatic carbocycles. The molecule has 0 spiro atoms. The standard InChI is InChI=1S/C17H23BrN2O3/c1-12(18)5-3-2-4-10-19-11-14-7-6-13-8-9-15(21)20-23-17(13)16(14)22/h6-9,12,19,22H,2-5,10-11H2,1H3,(H,20,21). The first-order valence-electron chi connectivity index (χ1n) is 7.92. The summed E-state index contributed by atoms with van der Waals surface area (Å²) in [5.41, 5.74) is 3.68. The molecule has 23 heavy (non-hydrogen) atoms. The minimum Gasteiger partial charge on any atom is -0.504 e. The smallest absolute Gasteiger partial charge is 0.276 e. The molecule has 0 bridgehead atoms. The largest absolute Gasteiger partial charge is 0.504 e. The molecule has 1 aliphatic heterocycles. The summed E-state index contributed by atoms with van der Waals surface area (Å²) in [5.74, 6) is 0.00532. The molecule has 1 heterocycles. The molecule has 0 saturated heterocycles. The number of phenolic OH excluding ortho intramolecular Hbond substituents is 1. The average Bonchev–Trinajstić information content (AvgIpc) is 2.70. The van der Waals surface area contributed by atoms with E-state index in [1.807, 2.05) is 12.1 Å². The Labute approximate surface area is 145 Å². The second-order valence-corrected chi connectivity index (χ2v) is 7.26. The Bertz CT molecular complexity index is 573. The van der Waals surface area contributed by atoms with Crippen LogP contribution in [0.1, 0.15) is 43.7 Å². The second kappa shape index (κ2) is 8.93. The van der Waals surface area contributed by atoms with Gasteiger partial charge in [-0.15, -0.1) is 0 Å². The summed E-state index contributed by atoms with van der Waals surface area (Å²) < 4.78 is 0. The molecular weight excluding hydrogens is 360 g/mol. The van der Waals surface area contributed by atoms with Crippen molar-refractivity contribution >= 4 is 27.9 Å². The number of aromatic hydroxyl groups is 1. The molecular formula is C17H23BrN2O3. The van der Waals surface area contributed by atoms with Gasteiger partial charge in [0.2, 0.25) is 5.75 Å². The summed E-state index contributed by atoms with van der Waals surface area (Å²) in [6.07, 6.45) is 7.72. The van der Waals surface area contributed by atoms with Crippen LogP contribution in [0.4, 0.5) is 0 Å². The normalized spacial score (nSPS) is 14.6. The van der Waals surface area contributed by atoms with Crippen molar-refractivity contribution in [1.82, 2.24) is 10.8 Å². The summed E-state index contributed by atoms with van der Waals surface area (Å²) in [5, 5.41) is 13.6. The summed E-state index contributed by atoms with van der Waals surface area (Å²) in [7, 11) is 0. The van der Waals surface area contributed by atoms with Crippen LogP contribution in [-0.2, 0) is 11.3 Å². The van der Waals surface area contributed by atoms with E-state index >= 15 is 0 Å². The molecule has 126 valence electrons. The van der Waals surface area contributed by atoms with Crippen LogP contribution in [0.25, 0.3) is 6.08 Å². The highest BCUT2D eigenvalue weighted by Gasteiger charge is 2.16. The Morgan fingerprint density at radius 3 is 2.91 bits per heavy atom. The Kier molecular flexibility index (Phi) is 6.92. The number of unbranched alkanes of at least 4 members (excludes halogenated alkanes) is 2. The summed E-state index contributed by atoms with van der Waals surface area (Å²) in [6, 6.07) is 3.68. The number of rotatable bonds is 8. The molecule has 1 atom stereocenters. The molecule has 0 aromatic heterocycles. The molecule has 1 aliphatic rings. The van der Waals surface area contributed by atoms with Crippen molar-refractivity contribution in [1.29, 1.82) is 0 Å². The fraction of sp³-hybridized carbons (Fsp3) is 0.471. The third kappa shape index (κ3) is 5.55. The van der Waals surface area contributed by atoms with Crippen molar-refractivity contribution in [2.45, 2.75) is 44.0 Å². The molecule has 0 fully saturated rings. The number of benzene rings is 1. The number of hydroxylamine groups is 1. The Balaban J connectivity index is 1.81. The van der Waals surface area contributed by atoms with Gasteiger partial charge < -0.3 is 15.3 Å². The number of hydrogen-bond acceptors (Lipinski definition) is 4. The molecule has 1 aromatic rings. The quantitative estimate of drug-likeness (QED) is 0.476. The van der Waals surface area contributed by atoms with Crippen molar-refractivity contribution in [3.05, 3.63) is 29.3 Å². The first kappa shape index (κ1) is 17.8. The number of nitrogens with one attached hydrogen (secondary N) is 2. The van der Waals surface area contributed by atoms with Crippen molar-refractivity contribution in [2.24, 2.45) is 0 Å². The van der Waals surface area contributed by atoms with Crippen molar-refractivity contribution < 1.29 is 14.7 Å². The lowest BCUT2D eigenvalue weighted by Gasteiger charge is -2.12. The van der Waals surface area contributed by atoms with E-state index in [2.05, 4.69) is 33.7 Å². The number of amides is 1. The predicted octanol–water partition coefficient (Wildman–Crippen LogP) is 3.26. The zero-order chi connectivity index (χ0) is 16.7. The molecule has 0 radical (unpaired) electrons. The van der Waals surface area contributed by atoms with Crippen LogP contribution in [-0.4, -0.2) is 22.4 Å². The molecule has 1 unspecified atom stereocenters. The van der Waals surface area contributed by atoms with E-state index in [4.69, 9.17) is 4.84 Å². The number of carbonyl (C=O) groups is 1. The molecule has 6 heteroatoms. The number of halogens is 1. The van der Waals surface area contributed by atoms with E-state index in [0.29, 0.717) is 16.9 Å². The zero-order valence-corrected chi connectivity index (χ0v) is 14.9. The third-order valence-electron chi connectivity index (χ3n) is 3.68. The number of fused-ring (bicyclic) bond motifs is 1. The first-order valence-corrected chi connectivity index (χ1v) is 8.84. The van der Waals surface area contributed by atoms with E-state index in [1.165, 1.54) is 25.3 Å². The fourth-order valence-electron chi connectivity index (χ4n) is 2.38. The van der Waals surface area contributed by atoms with Gasteiger partial charge in [-0.05, 0) is 25.5 Å². The number of phenols is 1. The van der Waals surface area contributed by atoms with E-state index in [9.17, 15) is 9.90 Å². The number of carbonyl (C=O) groups excluding carboxylic acids is 1. The zero-order valence-electron chi connectivity index (χ0n) is 13.3. The van der Waals surface area contributed by atoms with Crippen LogP contribution in [0.5, 0.6) is 11.5 Å². The van der Waals surface area contributed by atoms with Gasteiger partial charge in [0, 0.05) is 28.6 Å². The minimum absolute atomic E-state index is 0.0648. The van der Waals surface area contributed by atoms with Gasteiger partial charge in [0.1, 0.15) is 0 Å². The van der Waals surface area contributed by atoms with Crippen LogP contribution >= 0.6 is 15.9 Å². The van der Waals surface area contributed by atoms with E-state index in [-0.39, 0.29) is 17.4 Å². The monoisotopic (exact) mass is 382 g/mol. The summed E-state index contributed by atoms with van der Waals surface area (Å²) in [6.45, 7) is 3.64. The molecule has 0 aliphatic carbocycles. The van der Waals surface area contributed by atoms with Gasteiger partial charge in [-0.2, -0.15) is 5.48 Å². The maximum absolute atomic E-state index is 11.3. The lowest BCUT2D eigenvalue weighted by molar-refractivity contribution is -0.122. The summed E-state index contributed by atoms with van der Waals surface area (Å²) in [4.78, 5) is 17.0. The topological polar surface area (TPSA) is 70.6 Å². The maximum Gasteiger partial charge on any atom is 0.276 e. The number of alkyl halides is 1. The van der Waals surface area contributed by atoms with Gasteiger partial charge in [-0.25, -0.2) is 0 Å². The van der Waals surface area contributed by atoms with Crippen molar-refractivity contribution in [3.63, 3.8) is 0 Å².